The maximum atomic E-state index is 5.70. The quantitative estimate of drug-likeness (QED) is 0.620. The van der Waals surface area contributed by atoms with Gasteiger partial charge in [-0.15, -0.1) is 0 Å². The molecule has 1 aromatic carbocycles. The molecule has 0 atom stereocenters. The first-order chi connectivity index (χ1) is 7.50. The van der Waals surface area contributed by atoms with E-state index >= 15 is 0 Å². The fourth-order valence-corrected chi connectivity index (χ4v) is 1.82. The van der Waals surface area contributed by atoms with Crippen LogP contribution >= 0.6 is 12.2 Å². The van der Waals surface area contributed by atoms with Crippen molar-refractivity contribution >= 4 is 17.3 Å². The molecular weight excluding hydrogens is 220 g/mol. The van der Waals surface area contributed by atoms with Gasteiger partial charge in [0.1, 0.15) is 12.4 Å². The van der Waals surface area contributed by atoms with Crippen molar-refractivity contribution in [3.8, 4) is 5.75 Å². The van der Waals surface area contributed by atoms with Gasteiger partial charge in [0.2, 0.25) is 0 Å². The lowest BCUT2D eigenvalue weighted by Gasteiger charge is -2.13. The Bertz CT molecular complexity index is 368. The lowest BCUT2D eigenvalue weighted by Crippen LogP contribution is -2.32. The Morgan fingerprint density at radius 3 is 2.38 bits per heavy atom. The second-order valence-corrected chi connectivity index (χ2v) is 4.31. The summed E-state index contributed by atoms with van der Waals surface area (Å²) in [7, 11) is 0. The number of rotatable bonds is 4. The molecular formula is C12H18N2OS. The van der Waals surface area contributed by atoms with Crippen LogP contribution in [0, 0.1) is 20.8 Å². The van der Waals surface area contributed by atoms with Gasteiger partial charge in [0, 0.05) is 0 Å². The Morgan fingerprint density at radius 1 is 1.31 bits per heavy atom. The van der Waals surface area contributed by atoms with Crippen LogP contribution in [-0.2, 0) is 0 Å². The van der Waals surface area contributed by atoms with Crippen LogP contribution in [0.3, 0.4) is 0 Å². The van der Waals surface area contributed by atoms with Crippen molar-refractivity contribution in [3.63, 3.8) is 0 Å². The Labute approximate surface area is 102 Å². The third-order valence-corrected chi connectivity index (χ3v) is 2.40. The zero-order chi connectivity index (χ0) is 12.1. The third-order valence-electron chi connectivity index (χ3n) is 2.25. The molecule has 0 fully saturated rings. The molecule has 0 saturated carbocycles. The summed E-state index contributed by atoms with van der Waals surface area (Å²) >= 11 is 4.71. The van der Waals surface area contributed by atoms with Crippen LogP contribution in [0.1, 0.15) is 16.7 Å². The van der Waals surface area contributed by atoms with E-state index in [0.717, 1.165) is 16.9 Å². The molecule has 3 nitrogen and oxygen atoms in total. The Balaban J connectivity index is 2.57. The highest BCUT2D eigenvalue weighted by Crippen LogP contribution is 2.24. The molecule has 0 radical (unpaired) electrons. The van der Waals surface area contributed by atoms with Crippen molar-refractivity contribution in [2.75, 3.05) is 13.2 Å². The number of aryl methyl sites for hydroxylation is 3. The maximum absolute atomic E-state index is 5.70. The SMILES string of the molecule is Cc1cc(C)c(OCCNC(N)=S)c(C)c1. The Hall–Kier alpha value is -1.29. The molecule has 16 heavy (non-hydrogen) atoms. The van der Waals surface area contributed by atoms with Crippen molar-refractivity contribution in [1.29, 1.82) is 0 Å². The van der Waals surface area contributed by atoms with E-state index in [1.807, 2.05) is 0 Å². The highest BCUT2D eigenvalue weighted by molar-refractivity contribution is 7.80. The smallest absolute Gasteiger partial charge is 0.163 e. The van der Waals surface area contributed by atoms with E-state index in [0.29, 0.717) is 18.3 Å². The summed E-state index contributed by atoms with van der Waals surface area (Å²) in [6, 6.07) is 4.23. The fourth-order valence-electron chi connectivity index (χ4n) is 1.72. The molecule has 88 valence electrons. The molecule has 0 amide bonds. The van der Waals surface area contributed by atoms with Gasteiger partial charge in [-0.1, -0.05) is 17.7 Å². The predicted octanol–water partition coefficient (Wildman–Crippen LogP) is 1.82. The molecule has 0 spiro atoms. The van der Waals surface area contributed by atoms with Crippen LogP contribution in [0.4, 0.5) is 0 Å². The maximum Gasteiger partial charge on any atom is 0.163 e. The van der Waals surface area contributed by atoms with Crippen LogP contribution in [0.2, 0.25) is 0 Å². The molecule has 0 bridgehead atoms. The molecule has 3 N–H and O–H groups in total. The minimum Gasteiger partial charge on any atom is -0.491 e. The number of nitrogens with two attached hydrogens (primary N) is 1. The monoisotopic (exact) mass is 238 g/mol. The van der Waals surface area contributed by atoms with Gasteiger partial charge in [0.15, 0.2) is 5.11 Å². The lowest BCUT2D eigenvalue weighted by molar-refractivity contribution is 0.318. The summed E-state index contributed by atoms with van der Waals surface area (Å²) in [4.78, 5) is 0. The van der Waals surface area contributed by atoms with E-state index in [9.17, 15) is 0 Å². The van der Waals surface area contributed by atoms with Gasteiger partial charge in [0.05, 0.1) is 6.54 Å². The minimum absolute atomic E-state index is 0.306. The number of benzene rings is 1. The Morgan fingerprint density at radius 2 is 1.88 bits per heavy atom. The molecule has 0 aliphatic carbocycles. The second-order valence-electron chi connectivity index (χ2n) is 3.87. The lowest BCUT2D eigenvalue weighted by atomic mass is 10.1. The largest absolute Gasteiger partial charge is 0.491 e. The van der Waals surface area contributed by atoms with Crippen molar-refractivity contribution < 1.29 is 4.74 Å². The first kappa shape index (κ1) is 12.8. The van der Waals surface area contributed by atoms with Crippen LogP contribution in [0.5, 0.6) is 5.75 Å². The number of hydrogen-bond donors (Lipinski definition) is 2. The molecule has 0 heterocycles. The van der Waals surface area contributed by atoms with E-state index in [-0.39, 0.29) is 0 Å². The van der Waals surface area contributed by atoms with Crippen molar-refractivity contribution in [3.05, 3.63) is 28.8 Å². The van der Waals surface area contributed by atoms with Crippen molar-refractivity contribution in [2.45, 2.75) is 20.8 Å². The van der Waals surface area contributed by atoms with Crippen LogP contribution in [0.25, 0.3) is 0 Å². The summed E-state index contributed by atoms with van der Waals surface area (Å²) in [5.74, 6) is 0.954. The zero-order valence-corrected chi connectivity index (χ0v) is 10.8. The van der Waals surface area contributed by atoms with E-state index in [1.165, 1.54) is 5.56 Å². The van der Waals surface area contributed by atoms with Crippen molar-refractivity contribution in [2.24, 2.45) is 5.73 Å². The van der Waals surface area contributed by atoms with E-state index in [2.05, 4.69) is 38.2 Å². The van der Waals surface area contributed by atoms with Crippen LogP contribution < -0.4 is 15.8 Å². The van der Waals surface area contributed by atoms with Gasteiger partial charge < -0.3 is 15.8 Å². The summed E-state index contributed by atoms with van der Waals surface area (Å²) in [5, 5.41) is 3.16. The average Bonchev–Trinajstić information content (AvgIpc) is 2.14. The Kier molecular flexibility index (Phi) is 4.55. The number of nitrogens with one attached hydrogen (secondary N) is 1. The van der Waals surface area contributed by atoms with Gasteiger partial charge in [0.25, 0.3) is 0 Å². The van der Waals surface area contributed by atoms with Gasteiger partial charge >= 0.3 is 0 Å². The zero-order valence-electron chi connectivity index (χ0n) is 9.96. The molecule has 4 heteroatoms. The first-order valence-corrected chi connectivity index (χ1v) is 5.65. The average molecular weight is 238 g/mol. The molecule has 0 unspecified atom stereocenters. The number of thiocarbonyl (C=S) groups is 1. The van der Waals surface area contributed by atoms with Crippen LogP contribution in [-0.4, -0.2) is 18.3 Å². The van der Waals surface area contributed by atoms with Gasteiger partial charge in [-0.05, 0) is 44.1 Å². The normalized spacial score (nSPS) is 9.94. The molecule has 0 aliphatic rings. The highest BCUT2D eigenvalue weighted by atomic mass is 32.1. The van der Waals surface area contributed by atoms with Gasteiger partial charge in [-0.25, -0.2) is 0 Å². The molecule has 0 aliphatic heterocycles. The predicted molar refractivity (Wildman–Crippen MR) is 70.9 cm³/mol. The summed E-state index contributed by atoms with van der Waals surface area (Å²) in [6.07, 6.45) is 0. The third kappa shape index (κ3) is 3.70. The summed E-state index contributed by atoms with van der Waals surface area (Å²) in [6.45, 7) is 7.37. The second kappa shape index (κ2) is 5.70. The molecule has 0 saturated heterocycles. The van der Waals surface area contributed by atoms with Gasteiger partial charge in [-0.3, -0.25) is 0 Å². The van der Waals surface area contributed by atoms with Crippen molar-refractivity contribution in [1.82, 2.24) is 5.32 Å². The summed E-state index contributed by atoms with van der Waals surface area (Å²) < 4.78 is 5.70. The minimum atomic E-state index is 0.306. The molecule has 0 aromatic heterocycles. The van der Waals surface area contributed by atoms with E-state index in [1.54, 1.807) is 0 Å². The standard InChI is InChI=1S/C12H18N2OS/c1-8-6-9(2)11(10(3)7-8)15-5-4-14-12(13)16/h6-7H,4-5H2,1-3H3,(H3,13,14,16). The number of hydrogen-bond acceptors (Lipinski definition) is 2. The van der Waals surface area contributed by atoms with E-state index in [4.69, 9.17) is 22.7 Å². The molecule has 1 rings (SSSR count). The molecule has 1 aromatic rings. The number of ether oxygens (including phenoxy) is 1. The first-order valence-electron chi connectivity index (χ1n) is 5.24. The van der Waals surface area contributed by atoms with Gasteiger partial charge in [-0.2, -0.15) is 0 Å². The van der Waals surface area contributed by atoms with E-state index < -0.39 is 0 Å². The van der Waals surface area contributed by atoms with Crippen LogP contribution in [0.15, 0.2) is 12.1 Å². The fraction of sp³-hybridized carbons (Fsp3) is 0.417. The highest BCUT2D eigenvalue weighted by Gasteiger charge is 2.04. The topological polar surface area (TPSA) is 47.3 Å². The summed E-state index contributed by atoms with van der Waals surface area (Å²) in [5.41, 5.74) is 8.89.